The van der Waals surface area contributed by atoms with Gasteiger partial charge < -0.3 is 33.4 Å². The van der Waals surface area contributed by atoms with Crippen molar-refractivity contribution in [2.75, 3.05) is 37.8 Å². The Bertz CT molecular complexity index is 1610. The van der Waals surface area contributed by atoms with Crippen molar-refractivity contribution in [1.82, 2.24) is 9.97 Å². The van der Waals surface area contributed by atoms with E-state index in [2.05, 4.69) is 20.9 Å². The van der Waals surface area contributed by atoms with Crippen LogP contribution in [-0.4, -0.2) is 48.8 Å². The molecule has 0 spiro atoms. The van der Waals surface area contributed by atoms with Gasteiger partial charge in [-0.25, -0.2) is 9.97 Å². The summed E-state index contributed by atoms with van der Waals surface area (Å²) in [7, 11) is 0. The van der Waals surface area contributed by atoms with Crippen LogP contribution in [0.4, 0.5) is 5.69 Å². The average molecular weight is 557 g/mol. The molecular weight excluding hydrogens is 534 g/mol. The number of carbonyl (C=O) groups is 1. The number of carbonyl (C=O) groups excluding carboxylic acids is 1. The molecule has 0 N–H and O–H groups in total. The van der Waals surface area contributed by atoms with Gasteiger partial charge in [-0.15, -0.1) is 11.3 Å². The standard InChI is InChI=1S/C28H23N5O6S/c1-2-37-25-15-31-26(39-25)20-12-22(17-3-5-19(6-4-17)33-7-9-36-10-8-33)32-27(21(20)14-30)38-16-24-18(13-29)11-23(40-24)28(34)35/h3-6,11-12,15H,2,7-10,16H2,1H3,(H,34,35)/p-1. The van der Waals surface area contributed by atoms with Crippen molar-refractivity contribution in [3.63, 3.8) is 0 Å². The Balaban J connectivity index is 1.54. The van der Waals surface area contributed by atoms with Gasteiger partial charge in [-0.2, -0.15) is 10.5 Å². The first kappa shape index (κ1) is 26.7. The molecule has 40 heavy (non-hydrogen) atoms. The number of pyridine rings is 1. The van der Waals surface area contributed by atoms with Gasteiger partial charge in [-0.1, -0.05) is 12.1 Å². The second-order valence-corrected chi connectivity index (χ2v) is 9.68. The second kappa shape index (κ2) is 11.9. The van der Waals surface area contributed by atoms with Gasteiger partial charge in [0.05, 0.1) is 52.4 Å². The molecule has 12 heteroatoms. The lowest BCUT2D eigenvalue weighted by Gasteiger charge is -2.28. The summed E-state index contributed by atoms with van der Waals surface area (Å²) >= 11 is 0.869. The molecule has 0 radical (unpaired) electrons. The molecule has 1 aliphatic rings. The number of aromatic carboxylic acids is 1. The number of benzene rings is 1. The van der Waals surface area contributed by atoms with Crippen molar-refractivity contribution in [3.8, 4) is 46.7 Å². The lowest BCUT2D eigenvalue weighted by molar-refractivity contribution is -0.254. The molecule has 11 nitrogen and oxygen atoms in total. The minimum Gasteiger partial charge on any atom is -0.544 e. The number of carboxylic acid groups (broad SMARTS) is 1. The zero-order valence-corrected chi connectivity index (χ0v) is 22.2. The molecule has 1 aliphatic heterocycles. The van der Waals surface area contributed by atoms with Gasteiger partial charge in [0.2, 0.25) is 11.8 Å². The number of anilines is 1. The van der Waals surface area contributed by atoms with Crippen molar-refractivity contribution in [1.29, 1.82) is 10.5 Å². The Kier molecular flexibility index (Phi) is 7.92. The van der Waals surface area contributed by atoms with E-state index >= 15 is 0 Å². The summed E-state index contributed by atoms with van der Waals surface area (Å²) in [6, 6.07) is 14.8. The van der Waals surface area contributed by atoms with Crippen LogP contribution in [0.1, 0.15) is 32.6 Å². The van der Waals surface area contributed by atoms with Crippen molar-refractivity contribution < 1.29 is 28.5 Å². The molecule has 202 valence electrons. The van der Waals surface area contributed by atoms with Gasteiger partial charge in [0.1, 0.15) is 30.5 Å². The van der Waals surface area contributed by atoms with Crippen LogP contribution in [0, 0.1) is 22.7 Å². The Hall–Kier alpha value is -4.91. The summed E-state index contributed by atoms with van der Waals surface area (Å²) in [5.41, 5.74) is 2.86. The van der Waals surface area contributed by atoms with E-state index in [0.29, 0.717) is 36.0 Å². The number of ether oxygens (including phenoxy) is 3. The van der Waals surface area contributed by atoms with Crippen LogP contribution < -0.4 is 19.5 Å². The first-order valence-electron chi connectivity index (χ1n) is 12.3. The highest BCUT2D eigenvalue weighted by molar-refractivity contribution is 7.14. The van der Waals surface area contributed by atoms with Crippen LogP contribution in [0.3, 0.4) is 0 Å². The highest BCUT2D eigenvalue weighted by Gasteiger charge is 2.22. The Morgan fingerprint density at radius 1 is 1.15 bits per heavy atom. The molecule has 1 fully saturated rings. The van der Waals surface area contributed by atoms with E-state index in [1.165, 1.54) is 12.3 Å². The average Bonchev–Trinajstić information content (AvgIpc) is 3.63. The molecule has 3 aromatic heterocycles. The number of carboxylic acids is 1. The molecular formula is C28H22N5O6S-. The molecule has 4 heterocycles. The fourth-order valence-electron chi connectivity index (χ4n) is 4.17. The smallest absolute Gasteiger partial charge is 0.305 e. The Morgan fingerprint density at radius 2 is 1.93 bits per heavy atom. The maximum Gasteiger partial charge on any atom is 0.305 e. The molecule has 0 bridgehead atoms. The van der Waals surface area contributed by atoms with E-state index < -0.39 is 5.97 Å². The van der Waals surface area contributed by atoms with Gasteiger partial charge >= 0.3 is 5.95 Å². The molecule has 1 aromatic carbocycles. The molecule has 0 unspecified atom stereocenters. The maximum atomic E-state index is 11.3. The monoisotopic (exact) mass is 556 g/mol. The third-order valence-electron chi connectivity index (χ3n) is 6.11. The van der Waals surface area contributed by atoms with E-state index in [1.807, 2.05) is 37.3 Å². The number of aromatic nitrogens is 2. The lowest BCUT2D eigenvalue weighted by Crippen LogP contribution is -2.36. The minimum atomic E-state index is -1.39. The summed E-state index contributed by atoms with van der Waals surface area (Å²) in [6.45, 7) is 4.95. The number of thiophene rings is 1. The number of nitriles is 2. The van der Waals surface area contributed by atoms with Gasteiger partial charge in [0, 0.05) is 24.3 Å². The molecule has 0 saturated carbocycles. The highest BCUT2D eigenvalue weighted by Crippen LogP contribution is 2.35. The summed E-state index contributed by atoms with van der Waals surface area (Å²) in [5.74, 6) is -1.06. The van der Waals surface area contributed by atoms with E-state index in [1.54, 1.807) is 6.07 Å². The zero-order valence-electron chi connectivity index (χ0n) is 21.4. The van der Waals surface area contributed by atoms with Crippen LogP contribution in [-0.2, 0) is 11.3 Å². The van der Waals surface area contributed by atoms with Gasteiger partial charge in [0.15, 0.2) is 0 Å². The largest absolute Gasteiger partial charge is 0.544 e. The van der Waals surface area contributed by atoms with Crippen LogP contribution in [0.15, 0.2) is 47.0 Å². The minimum absolute atomic E-state index is 0.0179. The van der Waals surface area contributed by atoms with E-state index in [0.717, 1.165) is 35.7 Å². The molecule has 0 aliphatic carbocycles. The number of morpholine rings is 1. The predicted octanol–water partition coefficient (Wildman–Crippen LogP) is 3.39. The first-order valence-corrected chi connectivity index (χ1v) is 13.2. The first-order chi connectivity index (χ1) is 19.5. The highest BCUT2D eigenvalue weighted by atomic mass is 32.1. The third-order valence-corrected chi connectivity index (χ3v) is 7.20. The van der Waals surface area contributed by atoms with E-state index in [-0.39, 0.29) is 40.3 Å². The van der Waals surface area contributed by atoms with Gasteiger partial charge in [0.25, 0.3) is 0 Å². The quantitative estimate of drug-likeness (QED) is 0.297. The molecule has 1 saturated heterocycles. The lowest BCUT2D eigenvalue weighted by atomic mass is 10.0. The summed E-state index contributed by atoms with van der Waals surface area (Å²) in [5, 5.41) is 30.8. The number of hydrogen-bond donors (Lipinski definition) is 0. The number of rotatable bonds is 9. The fourth-order valence-corrected chi connectivity index (χ4v) is 5.03. The Morgan fingerprint density at radius 3 is 2.60 bits per heavy atom. The predicted molar refractivity (Wildman–Crippen MR) is 142 cm³/mol. The molecule has 4 aromatic rings. The summed E-state index contributed by atoms with van der Waals surface area (Å²) in [6.07, 6.45) is 1.42. The Labute approximate surface area is 233 Å². The number of hydrogen-bond acceptors (Lipinski definition) is 12. The van der Waals surface area contributed by atoms with E-state index in [9.17, 15) is 20.4 Å². The SMILES string of the molecule is CCOc1cnc(-c2cc(-c3ccc(N4CCOCC4)cc3)nc(OCc3sc(C(=O)[O-])cc3C#N)c2C#N)o1. The topological polar surface area (TPSA) is 158 Å². The summed E-state index contributed by atoms with van der Waals surface area (Å²) in [4.78, 5) is 22.7. The maximum absolute atomic E-state index is 11.3. The van der Waals surface area contributed by atoms with Crippen molar-refractivity contribution in [3.05, 3.63) is 63.5 Å². The van der Waals surface area contributed by atoms with Crippen LogP contribution >= 0.6 is 11.3 Å². The van der Waals surface area contributed by atoms with Crippen LogP contribution in [0.25, 0.3) is 22.7 Å². The molecule has 0 atom stereocenters. The normalized spacial score (nSPS) is 12.9. The van der Waals surface area contributed by atoms with Crippen LogP contribution in [0.2, 0.25) is 0 Å². The van der Waals surface area contributed by atoms with Crippen LogP contribution in [0.5, 0.6) is 11.8 Å². The van der Waals surface area contributed by atoms with Crippen molar-refractivity contribution in [2.45, 2.75) is 13.5 Å². The van der Waals surface area contributed by atoms with Gasteiger partial charge in [-0.05, 0) is 31.2 Å². The molecule has 5 rings (SSSR count). The number of oxazole rings is 1. The zero-order chi connectivity index (χ0) is 28.1. The summed E-state index contributed by atoms with van der Waals surface area (Å²) < 4.78 is 22.5. The third kappa shape index (κ3) is 5.59. The molecule has 0 amide bonds. The fraction of sp³-hybridized carbons (Fsp3) is 0.250. The van der Waals surface area contributed by atoms with E-state index in [4.69, 9.17) is 18.6 Å². The van der Waals surface area contributed by atoms with Crippen molar-refractivity contribution in [2.24, 2.45) is 0 Å². The second-order valence-electron chi connectivity index (χ2n) is 8.55. The van der Waals surface area contributed by atoms with Crippen molar-refractivity contribution >= 4 is 23.0 Å². The van der Waals surface area contributed by atoms with Gasteiger partial charge in [-0.3, -0.25) is 0 Å². The number of nitrogens with zero attached hydrogens (tertiary/aromatic N) is 5.